The van der Waals surface area contributed by atoms with Crippen molar-refractivity contribution in [2.45, 2.75) is 11.3 Å². The molecule has 7 heteroatoms. The Kier molecular flexibility index (Phi) is 8.90. The van der Waals surface area contributed by atoms with Crippen molar-refractivity contribution >= 4 is 41.7 Å². The summed E-state index contributed by atoms with van der Waals surface area (Å²) in [5.74, 6) is 3.48. The van der Waals surface area contributed by atoms with Crippen LogP contribution in [-0.4, -0.2) is 38.6 Å². The SMILES string of the molecule is CN=C(NCCSc1ccccc1)NCCc1ccc2c(c1)OCO2.I. The van der Waals surface area contributed by atoms with Crippen LogP contribution in [0.1, 0.15) is 5.56 Å². The van der Waals surface area contributed by atoms with Crippen molar-refractivity contribution in [3.63, 3.8) is 0 Å². The van der Waals surface area contributed by atoms with Gasteiger partial charge in [-0.25, -0.2) is 0 Å². The summed E-state index contributed by atoms with van der Waals surface area (Å²) in [6.45, 7) is 1.99. The second kappa shape index (κ2) is 11.2. The van der Waals surface area contributed by atoms with Gasteiger partial charge in [-0.1, -0.05) is 24.3 Å². The lowest BCUT2D eigenvalue weighted by atomic mass is 10.1. The van der Waals surface area contributed by atoms with Crippen molar-refractivity contribution < 1.29 is 9.47 Å². The Morgan fingerprint density at radius 1 is 1.04 bits per heavy atom. The molecule has 2 aromatic carbocycles. The van der Waals surface area contributed by atoms with E-state index in [1.54, 1.807) is 7.05 Å². The number of hydrogen-bond donors (Lipinski definition) is 2. The van der Waals surface area contributed by atoms with E-state index in [2.05, 4.69) is 46.0 Å². The van der Waals surface area contributed by atoms with Gasteiger partial charge in [0.25, 0.3) is 0 Å². The molecule has 26 heavy (non-hydrogen) atoms. The molecule has 0 aromatic heterocycles. The van der Waals surface area contributed by atoms with E-state index >= 15 is 0 Å². The zero-order valence-corrected chi connectivity index (χ0v) is 17.9. The van der Waals surface area contributed by atoms with Crippen molar-refractivity contribution in [2.75, 3.05) is 32.7 Å². The molecule has 0 unspecified atom stereocenters. The summed E-state index contributed by atoms with van der Waals surface area (Å²) in [4.78, 5) is 5.55. The van der Waals surface area contributed by atoms with E-state index in [1.165, 1.54) is 10.5 Å². The number of benzene rings is 2. The van der Waals surface area contributed by atoms with Crippen LogP contribution in [0.25, 0.3) is 0 Å². The number of nitrogens with zero attached hydrogens (tertiary/aromatic N) is 1. The number of rotatable bonds is 7. The monoisotopic (exact) mass is 485 g/mol. The molecule has 0 saturated carbocycles. The van der Waals surface area contributed by atoms with Crippen LogP contribution in [-0.2, 0) is 6.42 Å². The molecule has 0 saturated heterocycles. The van der Waals surface area contributed by atoms with E-state index in [1.807, 2.05) is 30.0 Å². The Hall–Kier alpha value is -1.61. The molecule has 1 aliphatic rings. The molecule has 0 bridgehead atoms. The fourth-order valence-electron chi connectivity index (χ4n) is 2.50. The highest BCUT2D eigenvalue weighted by molar-refractivity contribution is 14.0. The zero-order chi connectivity index (χ0) is 17.3. The zero-order valence-electron chi connectivity index (χ0n) is 14.7. The van der Waals surface area contributed by atoms with Gasteiger partial charge < -0.3 is 20.1 Å². The molecule has 3 rings (SSSR count). The lowest BCUT2D eigenvalue weighted by molar-refractivity contribution is 0.174. The first-order chi connectivity index (χ1) is 12.3. The Balaban J connectivity index is 0.00000243. The molecule has 0 fully saturated rings. The van der Waals surface area contributed by atoms with Gasteiger partial charge in [0.2, 0.25) is 6.79 Å². The molecule has 0 spiro atoms. The average molecular weight is 485 g/mol. The molecule has 0 atom stereocenters. The number of aliphatic imine (C=N–C) groups is 1. The van der Waals surface area contributed by atoms with E-state index < -0.39 is 0 Å². The number of thioether (sulfide) groups is 1. The fourth-order valence-corrected chi connectivity index (χ4v) is 3.29. The third kappa shape index (κ3) is 6.28. The van der Waals surface area contributed by atoms with Crippen LogP contribution in [0.3, 0.4) is 0 Å². The molecule has 0 radical (unpaired) electrons. The van der Waals surface area contributed by atoms with E-state index in [9.17, 15) is 0 Å². The molecule has 140 valence electrons. The van der Waals surface area contributed by atoms with Gasteiger partial charge >= 0.3 is 0 Å². The summed E-state index contributed by atoms with van der Waals surface area (Å²) < 4.78 is 10.7. The summed E-state index contributed by atoms with van der Waals surface area (Å²) in [7, 11) is 1.79. The minimum atomic E-state index is 0. The largest absolute Gasteiger partial charge is 0.454 e. The predicted octanol–water partition coefficient (Wildman–Crippen LogP) is 3.53. The Morgan fingerprint density at radius 2 is 1.81 bits per heavy atom. The number of guanidine groups is 1. The Labute approximate surface area is 176 Å². The smallest absolute Gasteiger partial charge is 0.231 e. The number of ether oxygens (including phenoxy) is 2. The lowest BCUT2D eigenvalue weighted by Gasteiger charge is -2.12. The number of hydrogen-bond acceptors (Lipinski definition) is 4. The van der Waals surface area contributed by atoms with Crippen molar-refractivity contribution in [3.8, 4) is 11.5 Å². The summed E-state index contributed by atoms with van der Waals surface area (Å²) >= 11 is 1.83. The van der Waals surface area contributed by atoms with E-state index in [-0.39, 0.29) is 24.0 Å². The van der Waals surface area contributed by atoms with Crippen molar-refractivity contribution in [2.24, 2.45) is 4.99 Å². The topological polar surface area (TPSA) is 54.9 Å². The average Bonchev–Trinajstić information content (AvgIpc) is 3.12. The van der Waals surface area contributed by atoms with E-state index in [0.29, 0.717) is 6.79 Å². The lowest BCUT2D eigenvalue weighted by Crippen LogP contribution is -2.39. The summed E-state index contributed by atoms with van der Waals surface area (Å²) in [6, 6.07) is 16.5. The van der Waals surface area contributed by atoms with Crippen LogP contribution < -0.4 is 20.1 Å². The molecule has 1 heterocycles. The van der Waals surface area contributed by atoms with Crippen LogP contribution in [0, 0.1) is 0 Å². The predicted molar refractivity (Wildman–Crippen MR) is 118 cm³/mol. The van der Waals surface area contributed by atoms with Crippen LogP contribution in [0.5, 0.6) is 11.5 Å². The van der Waals surface area contributed by atoms with Gasteiger partial charge in [-0.3, -0.25) is 4.99 Å². The summed E-state index contributed by atoms with van der Waals surface area (Å²) in [5.41, 5.74) is 1.21. The third-order valence-electron chi connectivity index (χ3n) is 3.77. The number of halogens is 1. The maximum absolute atomic E-state index is 5.41. The van der Waals surface area contributed by atoms with Crippen molar-refractivity contribution in [3.05, 3.63) is 54.1 Å². The first kappa shape index (κ1) is 20.7. The summed E-state index contributed by atoms with van der Waals surface area (Å²) in [5, 5.41) is 6.68. The van der Waals surface area contributed by atoms with Gasteiger partial charge in [0.1, 0.15) is 0 Å². The normalized spacial score (nSPS) is 12.4. The molecular formula is C19H24IN3O2S. The van der Waals surface area contributed by atoms with Gasteiger partial charge in [-0.05, 0) is 36.2 Å². The molecule has 2 N–H and O–H groups in total. The van der Waals surface area contributed by atoms with Crippen molar-refractivity contribution in [1.29, 1.82) is 0 Å². The van der Waals surface area contributed by atoms with Crippen LogP contribution >= 0.6 is 35.7 Å². The molecular weight excluding hydrogens is 461 g/mol. The number of nitrogens with one attached hydrogen (secondary N) is 2. The Bertz CT molecular complexity index is 713. The fraction of sp³-hybridized carbons (Fsp3) is 0.316. The van der Waals surface area contributed by atoms with Gasteiger partial charge in [0, 0.05) is 30.8 Å². The molecule has 5 nitrogen and oxygen atoms in total. The minimum absolute atomic E-state index is 0. The van der Waals surface area contributed by atoms with Gasteiger partial charge in [-0.2, -0.15) is 0 Å². The molecule has 0 aliphatic carbocycles. The van der Waals surface area contributed by atoms with Crippen molar-refractivity contribution in [1.82, 2.24) is 10.6 Å². The molecule has 0 amide bonds. The molecule has 1 aliphatic heterocycles. The van der Waals surface area contributed by atoms with E-state index in [4.69, 9.17) is 9.47 Å². The quantitative estimate of drug-likeness (QED) is 0.207. The highest BCUT2D eigenvalue weighted by Gasteiger charge is 2.12. The molecule has 2 aromatic rings. The standard InChI is InChI=1S/C19H23N3O2S.HI/c1-20-19(22-11-12-25-16-5-3-2-4-6-16)21-10-9-15-7-8-17-18(13-15)24-14-23-17;/h2-8,13H,9-12,14H2,1H3,(H2,20,21,22);1H. The first-order valence-electron chi connectivity index (χ1n) is 8.36. The second-order valence-corrected chi connectivity index (χ2v) is 6.69. The van der Waals surface area contributed by atoms with E-state index in [0.717, 1.165) is 42.7 Å². The Morgan fingerprint density at radius 3 is 2.62 bits per heavy atom. The van der Waals surface area contributed by atoms with Gasteiger partial charge in [0.15, 0.2) is 17.5 Å². The van der Waals surface area contributed by atoms with Gasteiger partial charge in [0.05, 0.1) is 0 Å². The third-order valence-corrected chi connectivity index (χ3v) is 4.79. The first-order valence-corrected chi connectivity index (χ1v) is 9.34. The van der Waals surface area contributed by atoms with Gasteiger partial charge in [-0.15, -0.1) is 35.7 Å². The van der Waals surface area contributed by atoms with Crippen LogP contribution in [0.2, 0.25) is 0 Å². The van der Waals surface area contributed by atoms with Crippen LogP contribution in [0.15, 0.2) is 58.4 Å². The minimum Gasteiger partial charge on any atom is -0.454 e. The highest BCUT2D eigenvalue weighted by Crippen LogP contribution is 2.32. The maximum atomic E-state index is 5.41. The summed E-state index contributed by atoms with van der Waals surface area (Å²) in [6.07, 6.45) is 0.899. The highest BCUT2D eigenvalue weighted by atomic mass is 127. The maximum Gasteiger partial charge on any atom is 0.231 e. The second-order valence-electron chi connectivity index (χ2n) is 5.52. The van der Waals surface area contributed by atoms with Crippen LogP contribution in [0.4, 0.5) is 0 Å². The number of fused-ring (bicyclic) bond motifs is 1.